The van der Waals surface area contributed by atoms with Crippen LogP contribution in [0.4, 0.5) is 5.82 Å². The zero-order valence-electron chi connectivity index (χ0n) is 17.8. The van der Waals surface area contributed by atoms with E-state index >= 15 is 0 Å². The van der Waals surface area contributed by atoms with E-state index in [2.05, 4.69) is 20.2 Å². The summed E-state index contributed by atoms with van der Waals surface area (Å²) in [6.07, 6.45) is 4.03. The Labute approximate surface area is 194 Å². The predicted octanol–water partition coefficient (Wildman–Crippen LogP) is 3.41. The first-order valence-electron chi connectivity index (χ1n) is 10.5. The minimum atomic E-state index is -0.243. The van der Waals surface area contributed by atoms with Crippen LogP contribution in [0, 0.1) is 0 Å². The van der Waals surface area contributed by atoms with Crippen molar-refractivity contribution in [1.29, 1.82) is 0 Å². The third-order valence-electron chi connectivity index (χ3n) is 6.29. The van der Waals surface area contributed by atoms with Crippen LogP contribution in [0.5, 0.6) is 0 Å². The average Bonchev–Trinajstić information content (AvgIpc) is 3.33. The molecule has 32 heavy (non-hydrogen) atoms. The van der Waals surface area contributed by atoms with Crippen molar-refractivity contribution in [3.8, 4) is 11.3 Å². The maximum Gasteiger partial charge on any atom is 0.177 e. The number of nitrogens with one attached hydrogen (secondary N) is 1. The first-order valence-corrected chi connectivity index (χ1v) is 11.3. The standard InChI is InChI=1S/C21H24Cl2N8O/c1-30(11-5-3-4-10(24)8-11)21-14(9-32)25-18-17(27-28-20(18)26-21)12-6-7-13-15(16(12)22)19(23)31(2)29-13/h6-7,10-11,32H,3-5,8-9,24H2,1-2H3,(H,26,27,28)/t10-,11-/m1/s1. The van der Waals surface area contributed by atoms with Gasteiger partial charge in [0.2, 0.25) is 0 Å². The van der Waals surface area contributed by atoms with Crippen LogP contribution in [0.1, 0.15) is 31.4 Å². The molecule has 0 spiro atoms. The van der Waals surface area contributed by atoms with Gasteiger partial charge in [0, 0.05) is 31.7 Å². The van der Waals surface area contributed by atoms with Crippen LogP contribution < -0.4 is 10.6 Å². The zero-order chi connectivity index (χ0) is 22.6. The number of halogens is 2. The van der Waals surface area contributed by atoms with E-state index in [9.17, 15) is 5.11 Å². The molecule has 1 aliphatic rings. The van der Waals surface area contributed by atoms with Crippen LogP contribution in [0.25, 0.3) is 33.3 Å². The topological polar surface area (TPSA) is 122 Å². The fourth-order valence-electron chi connectivity index (χ4n) is 4.56. The Kier molecular flexibility index (Phi) is 5.45. The van der Waals surface area contributed by atoms with Gasteiger partial charge in [0.1, 0.15) is 22.1 Å². The third-order valence-corrected chi connectivity index (χ3v) is 7.11. The Hall–Kier alpha value is -2.46. The second-order valence-electron chi connectivity index (χ2n) is 8.35. The van der Waals surface area contributed by atoms with E-state index in [1.165, 1.54) is 0 Å². The predicted molar refractivity (Wildman–Crippen MR) is 126 cm³/mol. The number of aromatic amines is 1. The summed E-state index contributed by atoms with van der Waals surface area (Å²) in [4.78, 5) is 11.6. The fraction of sp³-hybridized carbons (Fsp3) is 0.429. The quantitative estimate of drug-likeness (QED) is 0.414. The molecule has 0 bridgehead atoms. The van der Waals surface area contributed by atoms with E-state index in [-0.39, 0.29) is 18.7 Å². The van der Waals surface area contributed by atoms with Crippen LogP contribution in [-0.2, 0) is 13.7 Å². The minimum absolute atomic E-state index is 0.181. The summed E-state index contributed by atoms with van der Waals surface area (Å²) >= 11 is 13.1. The second-order valence-corrected chi connectivity index (χ2v) is 9.08. The van der Waals surface area contributed by atoms with Crippen LogP contribution in [0.15, 0.2) is 12.1 Å². The summed E-state index contributed by atoms with van der Waals surface area (Å²) < 4.78 is 1.58. The summed E-state index contributed by atoms with van der Waals surface area (Å²) in [5.41, 5.74) is 9.63. The molecular weight excluding hydrogens is 451 g/mol. The van der Waals surface area contributed by atoms with Crippen molar-refractivity contribution in [2.75, 3.05) is 11.9 Å². The Morgan fingerprint density at radius 3 is 2.84 bits per heavy atom. The van der Waals surface area contributed by atoms with Gasteiger partial charge in [0.05, 0.1) is 22.5 Å². The van der Waals surface area contributed by atoms with Gasteiger partial charge in [0.15, 0.2) is 11.5 Å². The van der Waals surface area contributed by atoms with Crippen LogP contribution in [0.2, 0.25) is 10.2 Å². The number of hydrogen-bond donors (Lipinski definition) is 3. The minimum Gasteiger partial charge on any atom is -0.390 e. The number of aliphatic hydroxyl groups is 1. The van der Waals surface area contributed by atoms with Gasteiger partial charge in [-0.3, -0.25) is 9.78 Å². The highest BCUT2D eigenvalue weighted by atomic mass is 35.5. The van der Waals surface area contributed by atoms with Crippen molar-refractivity contribution in [2.45, 2.75) is 44.4 Å². The number of nitrogens with zero attached hydrogens (tertiary/aromatic N) is 6. The lowest BCUT2D eigenvalue weighted by Gasteiger charge is -2.35. The molecule has 11 heteroatoms. The van der Waals surface area contributed by atoms with E-state index in [1.54, 1.807) is 11.7 Å². The van der Waals surface area contributed by atoms with E-state index in [4.69, 9.17) is 38.9 Å². The van der Waals surface area contributed by atoms with Gasteiger partial charge in [-0.15, -0.1) is 0 Å². The lowest BCUT2D eigenvalue weighted by molar-refractivity contribution is 0.276. The molecule has 4 aromatic rings. The van der Waals surface area contributed by atoms with Crippen LogP contribution in [0.3, 0.4) is 0 Å². The van der Waals surface area contributed by atoms with Crippen molar-refractivity contribution in [3.05, 3.63) is 28.0 Å². The van der Waals surface area contributed by atoms with E-state index < -0.39 is 0 Å². The summed E-state index contributed by atoms with van der Waals surface area (Å²) in [6.45, 7) is -0.243. The largest absolute Gasteiger partial charge is 0.390 e. The normalized spacial score (nSPS) is 19.2. The van der Waals surface area contributed by atoms with E-state index in [0.717, 1.165) is 25.7 Å². The summed E-state index contributed by atoms with van der Waals surface area (Å²) in [5, 5.41) is 23.4. The number of anilines is 1. The smallest absolute Gasteiger partial charge is 0.177 e. The van der Waals surface area contributed by atoms with Gasteiger partial charge >= 0.3 is 0 Å². The Morgan fingerprint density at radius 1 is 1.28 bits per heavy atom. The number of hydrogen-bond acceptors (Lipinski definition) is 7. The number of H-pyrrole nitrogens is 1. The number of rotatable bonds is 4. The summed E-state index contributed by atoms with van der Waals surface area (Å²) in [7, 11) is 3.74. The Balaban J connectivity index is 1.61. The van der Waals surface area contributed by atoms with Crippen LogP contribution in [-0.4, -0.2) is 54.2 Å². The monoisotopic (exact) mass is 474 g/mol. The van der Waals surface area contributed by atoms with Gasteiger partial charge in [-0.2, -0.15) is 10.2 Å². The molecule has 1 fully saturated rings. The molecular formula is C21H24Cl2N8O. The molecule has 4 N–H and O–H groups in total. The number of benzene rings is 1. The molecule has 1 aliphatic carbocycles. The van der Waals surface area contributed by atoms with Gasteiger partial charge in [-0.05, 0) is 37.8 Å². The molecule has 0 amide bonds. The molecule has 1 aromatic carbocycles. The first kappa shape index (κ1) is 21.4. The molecule has 0 radical (unpaired) electrons. The lowest BCUT2D eigenvalue weighted by atomic mass is 9.91. The van der Waals surface area contributed by atoms with Gasteiger partial charge in [-0.1, -0.05) is 23.2 Å². The Morgan fingerprint density at radius 2 is 2.09 bits per heavy atom. The van der Waals surface area contributed by atoms with Crippen LogP contribution >= 0.6 is 23.2 Å². The number of aromatic nitrogens is 6. The van der Waals surface area contributed by atoms with Crippen molar-refractivity contribution in [3.63, 3.8) is 0 Å². The Bertz CT molecular complexity index is 1320. The molecule has 0 unspecified atom stereocenters. The molecule has 2 atom stereocenters. The van der Waals surface area contributed by atoms with Crippen molar-refractivity contribution in [1.82, 2.24) is 29.9 Å². The summed E-state index contributed by atoms with van der Waals surface area (Å²) in [5.74, 6) is 0.631. The third kappa shape index (κ3) is 3.40. The molecule has 168 valence electrons. The van der Waals surface area contributed by atoms with Crippen molar-refractivity contribution >= 4 is 51.1 Å². The molecule has 3 heterocycles. The fourth-order valence-corrected chi connectivity index (χ4v) is 5.18. The molecule has 3 aromatic heterocycles. The van der Waals surface area contributed by atoms with E-state index in [1.807, 2.05) is 19.2 Å². The molecule has 0 aliphatic heterocycles. The number of nitrogens with two attached hydrogens (primary N) is 1. The number of aliphatic hydroxyl groups excluding tert-OH is 1. The second kappa shape index (κ2) is 8.15. The molecule has 1 saturated carbocycles. The average molecular weight is 475 g/mol. The van der Waals surface area contributed by atoms with Gasteiger partial charge in [0.25, 0.3) is 0 Å². The van der Waals surface area contributed by atoms with Gasteiger partial charge < -0.3 is 15.7 Å². The number of aryl methyl sites for hydroxylation is 1. The first-order chi connectivity index (χ1) is 15.4. The maximum atomic E-state index is 10.1. The lowest BCUT2D eigenvalue weighted by Crippen LogP contribution is -2.41. The molecule has 9 nitrogen and oxygen atoms in total. The highest BCUT2D eigenvalue weighted by Crippen LogP contribution is 2.39. The van der Waals surface area contributed by atoms with Crippen molar-refractivity contribution in [2.24, 2.45) is 12.8 Å². The number of fused-ring (bicyclic) bond motifs is 2. The highest BCUT2D eigenvalue weighted by molar-refractivity contribution is 6.43. The molecule has 5 rings (SSSR count). The van der Waals surface area contributed by atoms with E-state index in [0.29, 0.717) is 55.0 Å². The maximum absolute atomic E-state index is 10.1. The van der Waals surface area contributed by atoms with Crippen molar-refractivity contribution < 1.29 is 5.11 Å². The van der Waals surface area contributed by atoms with Gasteiger partial charge in [-0.25, -0.2) is 9.97 Å². The SMILES string of the molecule is CN(c1nc2[nH]nc(-c3ccc4nn(C)c(Cl)c4c3Cl)c2nc1CO)[C@@H]1CCC[C@@H](N)C1. The zero-order valence-corrected chi connectivity index (χ0v) is 19.3. The molecule has 0 saturated heterocycles. The summed E-state index contributed by atoms with van der Waals surface area (Å²) in [6, 6.07) is 4.12. The highest BCUT2D eigenvalue weighted by Gasteiger charge is 2.27.